The number of nitrogens with zero attached hydrogens (tertiary/aromatic N) is 4. The van der Waals surface area contributed by atoms with Gasteiger partial charge in [-0.05, 0) is 59.9 Å². The summed E-state index contributed by atoms with van der Waals surface area (Å²) in [6.07, 6.45) is -0.0526. The molecule has 6 rings (SSSR count). The van der Waals surface area contributed by atoms with Crippen molar-refractivity contribution in [1.82, 2.24) is 19.3 Å². The third-order valence-electron chi connectivity index (χ3n) is 7.49. The summed E-state index contributed by atoms with van der Waals surface area (Å²) in [6.45, 7) is 3.63. The van der Waals surface area contributed by atoms with Crippen LogP contribution < -0.4 is 21.1 Å². The standard InChI is InChI=1S/C33H28N4O6S/c1-4-23-16-26-30(39)36(18-27(38)22-13-14-28(42-3)19(2)15-22)33(41)37(31(26)44-23)17-20-9-11-21(12-10-20)24-7-5-6-8-25(24)29-34-32(40)43-35-29/h5-16H,4,17-18H2,1-3H3,(H,34,35,40)/p-1. The van der Waals surface area contributed by atoms with Gasteiger partial charge in [0.2, 0.25) is 0 Å². The topological polar surface area (TPSA) is 132 Å². The second-order valence-electron chi connectivity index (χ2n) is 10.3. The van der Waals surface area contributed by atoms with Crippen LogP contribution in [0, 0.1) is 6.92 Å². The van der Waals surface area contributed by atoms with Crippen molar-refractivity contribution in [3.8, 4) is 34.3 Å². The summed E-state index contributed by atoms with van der Waals surface area (Å²) in [5.74, 6) is 0.504. The zero-order valence-corrected chi connectivity index (χ0v) is 25.0. The van der Waals surface area contributed by atoms with Crippen LogP contribution in [0.15, 0.2) is 86.9 Å². The molecule has 0 bridgehead atoms. The molecule has 0 saturated heterocycles. The van der Waals surface area contributed by atoms with Crippen LogP contribution in [-0.4, -0.2) is 32.2 Å². The largest absolute Gasteiger partial charge is 0.528 e. The predicted octanol–water partition coefficient (Wildman–Crippen LogP) is 4.83. The first-order valence-corrected chi connectivity index (χ1v) is 14.7. The summed E-state index contributed by atoms with van der Waals surface area (Å²) in [5.41, 5.74) is 3.28. The highest BCUT2D eigenvalue weighted by Gasteiger charge is 2.20. The maximum atomic E-state index is 13.8. The van der Waals surface area contributed by atoms with E-state index in [-0.39, 0.29) is 24.7 Å². The molecular weight excluding hydrogens is 580 g/mol. The van der Waals surface area contributed by atoms with E-state index < -0.39 is 17.3 Å². The molecule has 6 aromatic rings. The van der Waals surface area contributed by atoms with E-state index in [0.29, 0.717) is 33.5 Å². The Kier molecular flexibility index (Phi) is 7.71. The Morgan fingerprint density at radius 1 is 1.00 bits per heavy atom. The number of methoxy groups -OCH3 is 1. The molecule has 0 aliphatic heterocycles. The van der Waals surface area contributed by atoms with Crippen LogP contribution in [0.5, 0.6) is 11.8 Å². The van der Waals surface area contributed by atoms with E-state index in [4.69, 9.17) is 4.74 Å². The van der Waals surface area contributed by atoms with Crippen LogP contribution in [0.2, 0.25) is 0 Å². The van der Waals surface area contributed by atoms with E-state index in [2.05, 4.69) is 14.7 Å². The van der Waals surface area contributed by atoms with Crippen LogP contribution in [0.1, 0.15) is 33.3 Å². The van der Waals surface area contributed by atoms with Crippen LogP contribution in [0.3, 0.4) is 0 Å². The van der Waals surface area contributed by atoms with E-state index >= 15 is 0 Å². The number of carbonyl (C=O) groups is 1. The van der Waals surface area contributed by atoms with E-state index in [1.807, 2.05) is 68.4 Å². The zero-order chi connectivity index (χ0) is 31.0. The molecule has 0 aliphatic carbocycles. The molecule has 0 saturated carbocycles. The first-order valence-electron chi connectivity index (χ1n) is 13.9. The van der Waals surface area contributed by atoms with Crippen LogP contribution in [-0.2, 0) is 19.5 Å². The van der Waals surface area contributed by atoms with Crippen molar-refractivity contribution in [2.75, 3.05) is 7.11 Å². The van der Waals surface area contributed by atoms with Gasteiger partial charge >= 0.3 is 5.69 Å². The number of aromatic nitrogens is 4. The number of Topliss-reactive ketones (excluding diaryl/α,β-unsaturated/α-hetero) is 1. The number of fused-ring (bicyclic) bond motifs is 1. The first-order chi connectivity index (χ1) is 21.3. The number of ether oxygens (including phenoxy) is 1. The van der Waals surface area contributed by atoms with Gasteiger partial charge in [0.1, 0.15) is 10.6 Å². The molecule has 0 radical (unpaired) electrons. The number of hydrogen-bond acceptors (Lipinski definition) is 9. The molecule has 3 aromatic carbocycles. The fraction of sp³-hybridized carbons (Fsp3) is 0.182. The Morgan fingerprint density at radius 2 is 1.75 bits per heavy atom. The molecule has 0 spiro atoms. The molecule has 10 nitrogen and oxygen atoms in total. The van der Waals surface area contributed by atoms with Gasteiger partial charge < -0.3 is 14.4 Å². The second-order valence-corrected chi connectivity index (χ2v) is 11.4. The molecule has 11 heteroatoms. The Bertz CT molecular complexity index is 2140. The van der Waals surface area contributed by atoms with E-state index in [1.54, 1.807) is 29.9 Å². The average Bonchev–Trinajstić information content (AvgIpc) is 3.68. The Hall–Kier alpha value is -5.29. The molecule has 44 heavy (non-hydrogen) atoms. The molecule has 0 amide bonds. The highest BCUT2D eigenvalue weighted by atomic mass is 32.1. The lowest BCUT2D eigenvalue weighted by molar-refractivity contribution is -0.303. The molecule has 222 valence electrons. The van der Waals surface area contributed by atoms with Gasteiger partial charge in [0.05, 0.1) is 25.6 Å². The lowest BCUT2D eigenvalue weighted by Gasteiger charge is -2.13. The second kappa shape index (κ2) is 11.8. The number of ketones is 1. The van der Waals surface area contributed by atoms with Crippen LogP contribution in [0.25, 0.3) is 32.7 Å². The third kappa shape index (κ3) is 5.33. The van der Waals surface area contributed by atoms with Crippen molar-refractivity contribution in [3.63, 3.8) is 0 Å². The van der Waals surface area contributed by atoms with Gasteiger partial charge in [-0.1, -0.05) is 55.5 Å². The number of hydrogen-bond donors (Lipinski definition) is 0. The summed E-state index contributed by atoms with van der Waals surface area (Å²) in [4.78, 5) is 46.0. The molecule has 0 atom stereocenters. The van der Waals surface area contributed by atoms with Crippen LogP contribution in [0.4, 0.5) is 0 Å². The van der Waals surface area contributed by atoms with Crippen molar-refractivity contribution < 1.29 is 19.2 Å². The molecule has 0 unspecified atom stereocenters. The summed E-state index contributed by atoms with van der Waals surface area (Å²) >= 11 is 1.41. The van der Waals surface area contributed by atoms with Gasteiger partial charge in [-0.25, -0.2) is 9.78 Å². The van der Waals surface area contributed by atoms with Crippen molar-refractivity contribution in [2.45, 2.75) is 33.4 Å². The number of benzene rings is 3. The summed E-state index contributed by atoms with van der Waals surface area (Å²) in [6, 6.07) is 21.9. The van der Waals surface area contributed by atoms with Crippen molar-refractivity contribution >= 4 is 27.3 Å². The first kappa shape index (κ1) is 28.8. The predicted molar refractivity (Wildman–Crippen MR) is 166 cm³/mol. The SMILES string of the molecule is CCc1cc2c(=O)n(CC(=O)c3ccc(OC)c(C)c3)c(=O)n(Cc3ccc(-c4ccccc4-c4noc([O-])n4)cc3)c2s1. The fourth-order valence-electron chi connectivity index (χ4n) is 5.21. The number of aryl methyl sites for hydroxylation is 2. The summed E-state index contributed by atoms with van der Waals surface area (Å²) in [7, 11) is 1.56. The molecule has 3 aromatic heterocycles. The summed E-state index contributed by atoms with van der Waals surface area (Å²) < 4.78 is 12.5. The average molecular weight is 608 g/mol. The number of thiophene rings is 1. The third-order valence-corrected chi connectivity index (χ3v) is 8.80. The van der Waals surface area contributed by atoms with Gasteiger partial charge in [0.25, 0.3) is 5.56 Å². The monoisotopic (exact) mass is 607 g/mol. The minimum Gasteiger partial charge on any atom is -0.528 e. The highest BCUT2D eigenvalue weighted by molar-refractivity contribution is 7.18. The van der Waals surface area contributed by atoms with Gasteiger partial charge in [-0.2, -0.15) is 5.16 Å². The lowest BCUT2D eigenvalue weighted by atomic mass is 9.98. The van der Waals surface area contributed by atoms with Gasteiger partial charge in [-0.15, -0.1) is 11.3 Å². The summed E-state index contributed by atoms with van der Waals surface area (Å²) in [5, 5.41) is 15.7. The minimum atomic E-state index is -0.760. The molecule has 3 heterocycles. The van der Waals surface area contributed by atoms with Crippen LogP contribution >= 0.6 is 11.3 Å². The van der Waals surface area contributed by atoms with E-state index in [9.17, 15) is 19.5 Å². The Labute approximate surface area is 255 Å². The molecular formula is C33H27N4O6S-. The molecule has 0 fully saturated rings. The number of rotatable bonds is 9. The van der Waals surface area contributed by atoms with Crippen molar-refractivity contribution in [1.29, 1.82) is 0 Å². The van der Waals surface area contributed by atoms with Crippen molar-refractivity contribution in [3.05, 3.63) is 115 Å². The molecule has 0 N–H and O–H groups in total. The number of carbonyl (C=O) groups excluding carboxylic acids is 1. The normalized spacial score (nSPS) is 11.2. The fourth-order valence-corrected chi connectivity index (χ4v) is 6.29. The van der Waals surface area contributed by atoms with Gasteiger partial charge in [0, 0.05) is 16.0 Å². The minimum absolute atomic E-state index is 0.196. The maximum Gasteiger partial charge on any atom is 0.332 e. The Balaban J connectivity index is 1.36. The van der Waals surface area contributed by atoms with Gasteiger partial charge in [0.15, 0.2) is 17.7 Å². The van der Waals surface area contributed by atoms with E-state index in [0.717, 1.165) is 31.7 Å². The zero-order valence-electron chi connectivity index (χ0n) is 24.2. The highest BCUT2D eigenvalue weighted by Crippen LogP contribution is 2.31. The quantitative estimate of drug-likeness (QED) is 0.214. The lowest BCUT2D eigenvalue weighted by Crippen LogP contribution is -2.41. The van der Waals surface area contributed by atoms with Crippen molar-refractivity contribution in [2.24, 2.45) is 0 Å². The molecule has 0 aliphatic rings. The maximum absolute atomic E-state index is 13.8. The Morgan fingerprint density at radius 3 is 2.41 bits per heavy atom. The smallest absolute Gasteiger partial charge is 0.332 e. The van der Waals surface area contributed by atoms with E-state index in [1.165, 1.54) is 11.3 Å². The van der Waals surface area contributed by atoms with Gasteiger partial charge in [-0.3, -0.25) is 18.7 Å².